The van der Waals surface area contributed by atoms with Crippen LogP contribution < -0.4 is 0 Å². The van der Waals surface area contributed by atoms with Crippen LogP contribution in [0.25, 0.3) is 0 Å². The molecule has 0 radical (unpaired) electrons. The number of hydrogen-bond donors (Lipinski definition) is 1. The zero-order chi connectivity index (χ0) is 8.48. The monoisotopic (exact) mass is 160 g/mol. The highest BCUT2D eigenvalue weighted by atomic mass is 16.6. The Morgan fingerprint density at radius 1 is 1.55 bits per heavy atom. The SMILES string of the molecule is COC1(O)CCOC(C)C1C. The summed E-state index contributed by atoms with van der Waals surface area (Å²) >= 11 is 0. The lowest BCUT2D eigenvalue weighted by atomic mass is 9.90. The Bertz CT molecular complexity index is 137. The molecular weight excluding hydrogens is 144 g/mol. The molecule has 0 aromatic rings. The van der Waals surface area contributed by atoms with Crippen molar-refractivity contribution in [1.29, 1.82) is 0 Å². The van der Waals surface area contributed by atoms with Crippen LogP contribution in [0.3, 0.4) is 0 Å². The van der Waals surface area contributed by atoms with Gasteiger partial charge in [0.05, 0.1) is 12.7 Å². The fourth-order valence-corrected chi connectivity index (χ4v) is 1.42. The van der Waals surface area contributed by atoms with Gasteiger partial charge in [0.15, 0.2) is 5.79 Å². The van der Waals surface area contributed by atoms with Gasteiger partial charge in [-0.1, -0.05) is 6.92 Å². The highest BCUT2D eigenvalue weighted by Gasteiger charge is 2.40. The van der Waals surface area contributed by atoms with Crippen molar-refractivity contribution in [3.63, 3.8) is 0 Å². The molecule has 1 fully saturated rings. The number of rotatable bonds is 1. The quantitative estimate of drug-likeness (QED) is 0.576. The normalized spacial score (nSPS) is 45.8. The highest BCUT2D eigenvalue weighted by Crippen LogP contribution is 2.30. The van der Waals surface area contributed by atoms with E-state index in [1.165, 1.54) is 7.11 Å². The van der Waals surface area contributed by atoms with Gasteiger partial charge in [-0.3, -0.25) is 0 Å². The van der Waals surface area contributed by atoms with E-state index in [0.717, 1.165) is 0 Å². The van der Waals surface area contributed by atoms with E-state index >= 15 is 0 Å². The van der Waals surface area contributed by atoms with Crippen LogP contribution in [0.15, 0.2) is 0 Å². The van der Waals surface area contributed by atoms with E-state index in [1.54, 1.807) is 0 Å². The molecule has 0 aromatic carbocycles. The Morgan fingerprint density at radius 3 is 2.64 bits per heavy atom. The maximum atomic E-state index is 9.82. The van der Waals surface area contributed by atoms with Crippen molar-refractivity contribution in [1.82, 2.24) is 0 Å². The summed E-state index contributed by atoms with van der Waals surface area (Å²) in [5.41, 5.74) is 0. The minimum Gasteiger partial charge on any atom is -0.378 e. The summed E-state index contributed by atoms with van der Waals surface area (Å²) in [6.45, 7) is 4.47. The predicted molar refractivity (Wildman–Crippen MR) is 41.2 cm³/mol. The molecule has 1 saturated heterocycles. The molecule has 3 heteroatoms. The van der Waals surface area contributed by atoms with Crippen LogP contribution in [0.5, 0.6) is 0 Å². The minimum absolute atomic E-state index is 0.0428. The van der Waals surface area contributed by atoms with Gasteiger partial charge in [-0.25, -0.2) is 0 Å². The van der Waals surface area contributed by atoms with Crippen LogP contribution in [0, 0.1) is 5.92 Å². The van der Waals surface area contributed by atoms with Crippen LogP contribution >= 0.6 is 0 Å². The van der Waals surface area contributed by atoms with E-state index < -0.39 is 5.79 Å². The van der Waals surface area contributed by atoms with Crippen molar-refractivity contribution in [2.75, 3.05) is 13.7 Å². The molecule has 1 aliphatic rings. The topological polar surface area (TPSA) is 38.7 Å². The first-order chi connectivity index (χ1) is 5.10. The van der Waals surface area contributed by atoms with Crippen molar-refractivity contribution >= 4 is 0 Å². The molecule has 1 N–H and O–H groups in total. The lowest BCUT2D eigenvalue weighted by Crippen LogP contribution is -2.49. The molecule has 0 bridgehead atoms. The Kier molecular flexibility index (Phi) is 2.52. The Labute approximate surface area is 67.3 Å². The van der Waals surface area contributed by atoms with Crippen LogP contribution in [0.2, 0.25) is 0 Å². The zero-order valence-corrected chi connectivity index (χ0v) is 7.33. The number of methoxy groups -OCH3 is 1. The number of aliphatic hydroxyl groups is 1. The van der Waals surface area contributed by atoms with Gasteiger partial charge < -0.3 is 14.6 Å². The van der Waals surface area contributed by atoms with Gasteiger partial charge in [0.2, 0.25) is 0 Å². The molecule has 0 saturated carbocycles. The molecule has 3 nitrogen and oxygen atoms in total. The van der Waals surface area contributed by atoms with Gasteiger partial charge >= 0.3 is 0 Å². The largest absolute Gasteiger partial charge is 0.378 e. The third-order valence-corrected chi connectivity index (χ3v) is 2.61. The van der Waals surface area contributed by atoms with Crippen molar-refractivity contribution in [2.45, 2.75) is 32.2 Å². The van der Waals surface area contributed by atoms with E-state index in [-0.39, 0.29) is 12.0 Å². The Morgan fingerprint density at radius 2 is 2.18 bits per heavy atom. The van der Waals surface area contributed by atoms with Crippen molar-refractivity contribution in [2.24, 2.45) is 5.92 Å². The third-order valence-electron chi connectivity index (χ3n) is 2.61. The molecule has 1 aliphatic heterocycles. The number of hydrogen-bond acceptors (Lipinski definition) is 3. The smallest absolute Gasteiger partial charge is 0.172 e. The van der Waals surface area contributed by atoms with Crippen molar-refractivity contribution in [3.8, 4) is 0 Å². The summed E-state index contributed by atoms with van der Waals surface area (Å²) < 4.78 is 10.4. The molecule has 0 amide bonds. The molecular formula is C8H16O3. The fourth-order valence-electron chi connectivity index (χ4n) is 1.42. The molecule has 66 valence electrons. The van der Waals surface area contributed by atoms with E-state index in [9.17, 15) is 5.11 Å². The fraction of sp³-hybridized carbons (Fsp3) is 1.00. The van der Waals surface area contributed by atoms with E-state index in [1.807, 2.05) is 13.8 Å². The van der Waals surface area contributed by atoms with Crippen LogP contribution in [0.1, 0.15) is 20.3 Å². The molecule has 0 aromatic heterocycles. The van der Waals surface area contributed by atoms with Gasteiger partial charge in [-0.15, -0.1) is 0 Å². The standard InChI is InChI=1S/C8H16O3/c1-6-7(2)11-5-4-8(6,9)10-3/h6-7,9H,4-5H2,1-3H3. The second-order valence-corrected chi connectivity index (χ2v) is 3.16. The van der Waals surface area contributed by atoms with Gasteiger partial charge in [0.25, 0.3) is 0 Å². The first-order valence-corrected chi connectivity index (χ1v) is 3.99. The summed E-state index contributed by atoms with van der Waals surface area (Å²) in [6.07, 6.45) is 0.642. The first-order valence-electron chi connectivity index (χ1n) is 3.99. The van der Waals surface area contributed by atoms with Crippen LogP contribution in [-0.2, 0) is 9.47 Å². The van der Waals surface area contributed by atoms with Gasteiger partial charge in [-0.2, -0.15) is 0 Å². The summed E-state index contributed by atoms with van der Waals surface area (Å²) in [4.78, 5) is 0. The Balaban J connectivity index is 2.64. The lowest BCUT2D eigenvalue weighted by molar-refractivity contribution is -0.271. The zero-order valence-electron chi connectivity index (χ0n) is 7.33. The van der Waals surface area contributed by atoms with Gasteiger partial charge in [-0.05, 0) is 6.92 Å². The summed E-state index contributed by atoms with van der Waals surface area (Å²) in [5.74, 6) is -0.932. The lowest BCUT2D eigenvalue weighted by Gasteiger charge is -2.40. The molecule has 1 rings (SSSR count). The molecule has 1 heterocycles. The maximum Gasteiger partial charge on any atom is 0.172 e. The first kappa shape index (κ1) is 8.97. The second kappa shape index (κ2) is 3.09. The molecule has 0 spiro atoms. The highest BCUT2D eigenvalue weighted by molar-refractivity contribution is 4.82. The number of ether oxygens (including phenoxy) is 2. The molecule has 3 atom stereocenters. The molecule has 11 heavy (non-hydrogen) atoms. The van der Waals surface area contributed by atoms with E-state index in [0.29, 0.717) is 13.0 Å². The van der Waals surface area contributed by atoms with Crippen molar-refractivity contribution < 1.29 is 14.6 Å². The van der Waals surface area contributed by atoms with Crippen molar-refractivity contribution in [3.05, 3.63) is 0 Å². The summed E-state index contributed by atoms with van der Waals surface area (Å²) in [7, 11) is 1.54. The average Bonchev–Trinajstić information content (AvgIpc) is 2.00. The average molecular weight is 160 g/mol. The predicted octanol–water partition coefficient (Wildman–Crippen LogP) is 0.766. The third kappa shape index (κ3) is 1.55. The summed E-state index contributed by atoms with van der Waals surface area (Å²) in [6, 6.07) is 0. The maximum absolute atomic E-state index is 9.82. The van der Waals surface area contributed by atoms with Gasteiger partial charge in [0.1, 0.15) is 0 Å². The molecule has 3 unspecified atom stereocenters. The molecule has 0 aliphatic carbocycles. The van der Waals surface area contributed by atoms with Gasteiger partial charge in [0, 0.05) is 19.4 Å². The van der Waals surface area contributed by atoms with E-state index in [4.69, 9.17) is 9.47 Å². The summed E-state index contributed by atoms with van der Waals surface area (Å²) in [5, 5.41) is 9.82. The Hall–Kier alpha value is -0.120. The van der Waals surface area contributed by atoms with Crippen LogP contribution in [0.4, 0.5) is 0 Å². The second-order valence-electron chi connectivity index (χ2n) is 3.16. The van der Waals surface area contributed by atoms with E-state index in [2.05, 4.69) is 0 Å². The minimum atomic E-state index is -0.975. The van der Waals surface area contributed by atoms with Crippen LogP contribution in [-0.4, -0.2) is 30.7 Å².